The molecule has 1 heterocycles. The molecule has 4 heteroatoms. The van der Waals surface area contributed by atoms with Gasteiger partial charge in [0, 0.05) is 5.56 Å². The van der Waals surface area contributed by atoms with Gasteiger partial charge < -0.3 is 14.2 Å². The van der Waals surface area contributed by atoms with Crippen molar-refractivity contribution in [1.29, 1.82) is 0 Å². The van der Waals surface area contributed by atoms with Crippen LogP contribution in [0.5, 0.6) is 23.0 Å². The summed E-state index contributed by atoms with van der Waals surface area (Å²) in [4.78, 5) is 12.5. The number of hydrogen-bond donors (Lipinski definition) is 0. The van der Waals surface area contributed by atoms with Crippen molar-refractivity contribution in [3.05, 3.63) is 90.0 Å². The number of fused-ring (bicyclic) bond motifs is 1. The number of hydrogen-bond acceptors (Lipinski definition) is 4. The zero-order valence-electron chi connectivity index (χ0n) is 14.6. The van der Waals surface area contributed by atoms with Crippen LogP contribution in [0.15, 0.2) is 78.9 Å². The molecule has 0 aromatic heterocycles. The highest BCUT2D eigenvalue weighted by Crippen LogP contribution is 2.31. The molecule has 0 unspecified atom stereocenters. The molecule has 0 radical (unpaired) electrons. The first-order chi connectivity index (χ1) is 13.3. The van der Waals surface area contributed by atoms with Crippen LogP contribution in [0.1, 0.15) is 15.9 Å². The van der Waals surface area contributed by atoms with E-state index < -0.39 is 0 Å². The van der Waals surface area contributed by atoms with Crippen molar-refractivity contribution in [2.45, 2.75) is 0 Å². The Bertz CT molecular complexity index is 977. The third-order valence-corrected chi connectivity index (χ3v) is 4.09. The van der Waals surface area contributed by atoms with Crippen LogP contribution in [0.25, 0.3) is 6.08 Å². The summed E-state index contributed by atoms with van der Waals surface area (Å²) in [6, 6.07) is 22.4. The Hall–Kier alpha value is -3.53. The fourth-order valence-electron chi connectivity index (χ4n) is 2.77. The second-order valence-corrected chi connectivity index (χ2v) is 6.04. The zero-order valence-corrected chi connectivity index (χ0v) is 14.6. The summed E-state index contributed by atoms with van der Waals surface area (Å²) in [6.45, 7) is 1.02. The van der Waals surface area contributed by atoms with Crippen LogP contribution in [0, 0.1) is 0 Å². The smallest absolute Gasteiger partial charge is 0.185 e. The highest BCUT2D eigenvalue weighted by molar-refractivity contribution is 6.07. The normalized spacial score (nSPS) is 12.7. The predicted molar refractivity (Wildman–Crippen MR) is 104 cm³/mol. The number of rotatable bonds is 5. The van der Waals surface area contributed by atoms with E-state index in [2.05, 4.69) is 0 Å². The van der Waals surface area contributed by atoms with E-state index in [1.165, 1.54) is 0 Å². The van der Waals surface area contributed by atoms with Crippen LogP contribution in [0.2, 0.25) is 0 Å². The molecule has 0 atom stereocenters. The number of carbonyl (C=O) groups excluding carboxylic acids is 1. The van der Waals surface area contributed by atoms with Crippen molar-refractivity contribution in [2.24, 2.45) is 0 Å². The van der Waals surface area contributed by atoms with Gasteiger partial charge in [-0.3, -0.25) is 4.79 Å². The van der Waals surface area contributed by atoms with Crippen LogP contribution in [-0.4, -0.2) is 19.0 Å². The van der Waals surface area contributed by atoms with Crippen LogP contribution in [0.4, 0.5) is 0 Å². The summed E-state index contributed by atoms with van der Waals surface area (Å²) in [7, 11) is 0. The van der Waals surface area contributed by atoms with E-state index in [0.717, 1.165) is 17.1 Å². The molecule has 27 heavy (non-hydrogen) atoms. The van der Waals surface area contributed by atoms with Gasteiger partial charge in [0.25, 0.3) is 0 Å². The van der Waals surface area contributed by atoms with Crippen LogP contribution >= 0.6 is 0 Å². The van der Waals surface area contributed by atoms with Gasteiger partial charge in [0.15, 0.2) is 17.3 Å². The summed E-state index contributed by atoms with van der Waals surface area (Å²) in [6.07, 6.45) is 3.32. The average Bonchev–Trinajstić information content (AvgIpc) is 2.73. The van der Waals surface area contributed by atoms with Crippen molar-refractivity contribution >= 4 is 11.9 Å². The monoisotopic (exact) mass is 358 g/mol. The maximum atomic E-state index is 12.5. The third-order valence-electron chi connectivity index (χ3n) is 4.09. The molecule has 4 rings (SSSR count). The Kier molecular flexibility index (Phi) is 4.88. The van der Waals surface area contributed by atoms with E-state index in [1.54, 1.807) is 30.4 Å². The lowest BCUT2D eigenvalue weighted by Crippen LogP contribution is -2.15. The average molecular weight is 358 g/mol. The van der Waals surface area contributed by atoms with Crippen LogP contribution in [0.3, 0.4) is 0 Å². The van der Waals surface area contributed by atoms with Gasteiger partial charge in [-0.05, 0) is 54.1 Å². The Balaban J connectivity index is 1.47. The van der Waals surface area contributed by atoms with E-state index in [9.17, 15) is 4.79 Å². The highest BCUT2D eigenvalue weighted by Gasteiger charge is 2.13. The van der Waals surface area contributed by atoms with Gasteiger partial charge in [-0.15, -0.1) is 0 Å². The van der Waals surface area contributed by atoms with Gasteiger partial charge in [0.2, 0.25) is 0 Å². The van der Waals surface area contributed by atoms with Gasteiger partial charge in [-0.1, -0.05) is 36.4 Å². The number of ketones is 1. The number of allylic oxidation sites excluding steroid dienone is 1. The van der Waals surface area contributed by atoms with E-state index >= 15 is 0 Å². The summed E-state index contributed by atoms with van der Waals surface area (Å²) >= 11 is 0. The summed E-state index contributed by atoms with van der Waals surface area (Å²) in [5.41, 5.74) is 1.45. The summed E-state index contributed by atoms with van der Waals surface area (Å²) in [5, 5.41) is 0. The second kappa shape index (κ2) is 7.79. The summed E-state index contributed by atoms with van der Waals surface area (Å²) < 4.78 is 16.8. The molecule has 0 amide bonds. The molecule has 1 aliphatic rings. The first-order valence-electron chi connectivity index (χ1n) is 8.73. The zero-order chi connectivity index (χ0) is 18.5. The minimum absolute atomic E-state index is 0.0960. The molecule has 4 nitrogen and oxygen atoms in total. The second-order valence-electron chi connectivity index (χ2n) is 6.04. The van der Waals surface area contributed by atoms with Gasteiger partial charge in [0.05, 0.1) is 0 Å². The molecular formula is C23H18O4. The minimum Gasteiger partial charge on any atom is -0.486 e. The lowest BCUT2D eigenvalue weighted by molar-refractivity contribution is 0.104. The van der Waals surface area contributed by atoms with Crippen LogP contribution in [-0.2, 0) is 0 Å². The van der Waals surface area contributed by atoms with E-state index in [-0.39, 0.29) is 5.78 Å². The molecule has 0 saturated heterocycles. The van der Waals surface area contributed by atoms with Crippen molar-refractivity contribution < 1.29 is 19.0 Å². The minimum atomic E-state index is -0.0960. The van der Waals surface area contributed by atoms with E-state index in [0.29, 0.717) is 30.3 Å². The Morgan fingerprint density at radius 2 is 1.59 bits per heavy atom. The Morgan fingerprint density at radius 1 is 0.815 bits per heavy atom. The van der Waals surface area contributed by atoms with Gasteiger partial charge >= 0.3 is 0 Å². The number of carbonyl (C=O) groups is 1. The standard InChI is InChI=1S/C23H18O4/c24-21(18-10-12-22-23(16-18)26-14-13-25-22)11-9-17-5-4-8-20(15-17)27-19-6-2-1-3-7-19/h1-12,15-16H,13-14H2/b11-9+. The number of benzene rings is 3. The molecule has 0 fully saturated rings. The quantitative estimate of drug-likeness (QED) is 0.468. The molecule has 134 valence electrons. The van der Waals surface area contributed by atoms with Gasteiger partial charge in [0.1, 0.15) is 24.7 Å². The maximum absolute atomic E-state index is 12.5. The molecule has 0 spiro atoms. The van der Waals surface area contributed by atoms with Gasteiger partial charge in [-0.2, -0.15) is 0 Å². The topological polar surface area (TPSA) is 44.8 Å². The lowest BCUT2D eigenvalue weighted by Gasteiger charge is -2.18. The molecule has 0 saturated carbocycles. The fourth-order valence-corrected chi connectivity index (χ4v) is 2.77. The van der Waals surface area contributed by atoms with Crippen molar-refractivity contribution in [3.63, 3.8) is 0 Å². The lowest BCUT2D eigenvalue weighted by atomic mass is 10.1. The largest absolute Gasteiger partial charge is 0.486 e. The van der Waals surface area contributed by atoms with Crippen molar-refractivity contribution in [2.75, 3.05) is 13.2 Å². The van der Waals surface area contributed by atoms with Crippen molar-refractivity contribution in [3.8, 4) is 23.0 Å². The molecule has 0 bridgehead atoms. The van der Waals surface area contributed by atoms with Crippen LogP contribution < -0.4 is 14.2 Å². The van der Waals surface area contributed by atoms with Crippen molar-refractivity contribution in [1.82, 2.24) is 0 Å². The molecule has 3 aromatic carbocycles. The number of ether oxygens (including phenoxy) is 3. The van der Waals surface area contributed by atoms with Gasteiger partial charge in [-0.25, -0.2) is 0 Å². The SMILES string of the molecule is O=C(/C=C/c1cccc(Oc2ccccc2)c1)c1ccc2c(c1)OCCO2. The molecule has 1 aliphatic heterocycles. The van der Waals surface area contributed by atoms with E-state index in [1.807, 2.05) is 54.6 Å². The van der Waals surface area contributed by atoms with E-state index in [4.69, 9.17) is 14.2 Å². The predicted octanol–water partition coefficient (Wildman–Crippen LogP) is 5.15. The maximum Gasteiger partial charge on any atom is 0.185 e. The Labute approximate surface area is 157 Å². The highest BCUT2D eigenvalue weighted by atomic mass is 16.6. The number of para-hydroxylation sites is 1. The molecule has 3 aromatic rings. The molecule has 0 aliphatic carbocycles. The first-order valence-corrected chi connectivity index (χ1v) is 8.73. The summed E-state index contributed by atoms with van der Waals surface area (Å²) in [5.74, 6) is 2.67. The Morgan fingerprint density at radius 3 is 2.44 bits per heavy atom. The first kappa shape index (κ1) is 16.9. The fraction of sp³-hybridized carbons (Fsp3) is 0.0870. The third kappa shape index (κ3) is 4.18. The molecule has 0 N–H and O–H groups in total. The molecular weight excluding hydrogens is 340 g/mol.